The Morgan fingerprint density at radius 1 is 0.872 bits per heavy atom. The van der Waals surface area contributed by atoms with Crippen molar-refractivity contribution in [2.45, 2.75) is 77.0 Å². The van der Waals surface area contributed by atoms with Gasteiger partial charge >= 0.3 is 0 Å². The van der Waals surface area contributed by atoms with Crippen LogP contribution in [-0.4, -0.2) is 34.0 Å². The average molecular weight is 520 g/mol. The molecule has 3 heterocycles. The third-order valence-corrected chi connectivity index (χ3v) is 9.05. The van der Waals surface area contributed by atoms with Gasteiger partial charge in [0.1, 0.15) is 0 Å². The molecule has 2 fully saturated rings. The summed E-state index contributed by atoms with van der Waals surface area (Å²) in [5, 5.41) is 4.18. The number of aromatic nitrogens is 1. The van der Waals surface area contributed by atoms with Gasteiger partial charge in [0.2, 0.25) is 0 Å². The Kier molecular flexibility index (Phi) is 7.83. The monoisotopic (exact) mass is 519 g/mol. The number of carbonyl (C=O) groups is 1. The minimum atomic E-state index is 0.00192. The third-order valence-electron chi connectivity index (χ3n) is 9.05. The lowest BCUT2D eigenvalue weighted by Crippen LogP contribution is -2.43. The fourth-order valence-electron chi connectivity index (χ4n) is 7.14. The molecule has 0 radical (unpaired) electrons. The Morgan fingerprint density at radius 3 is 2.41 bits per heavy atom. The zero-order valence-corrected chi connectivity index (χ0v) is 23.2. The minimum Gasteiger partial charge on any atom is -0.348 e. The molecule has 202 valence electrons. The maximum Gasteiger partial charge on any atom is 0.253 e. The summed E-state index contributed by atoms with van der Waals surface area (Å²) in [5.74, 6) is 0.871. The van der Waals surface area contributed by atoms with Gasteiger partial charge in [-0.05, 0) is 75.0 Å². The standard InChI is InChI=1S/C35H41N3O/c1-26-9-7-12-29(21-26)24-36-35(39)33-25-37(34-14-6-5-13-32(33)34)19-8-20-38-30-17-18-31(38)23-28(22-30)16-15-27-10-3-2-4-11-27/h2-7,9-14,21,25,28,30-31H,8,15-20,22-24H2,1H3,(H,36,39). The summed E-state index contributed by atoms with van der Waals surface area (Å²) in [6, 6.07) is 29.2. The molecule has 0 spiro atoms. The van der Waals surface area contributed by atoms with Gasteiger partial charge in [0.05, 0.1) is 5.56 Å². The van der Waals surface area contributed by atoms with Crippen LogP contribution in [0.4, 0.5) is 0 Å². The Labute approximate surface area is 233 Å². The van der Waals surface area contributed by atoms with Crippen molar-refractivity contribution in [1.29, 1.82) is 0 Å². The molecule has 4 heteroatoms. The smallest absolute Gasteiger partial charge is 0.253 e. The summed E-state index contributed by atoms with van der Waals surface area (Å²) < 4.78 is 2.30. The number of nitrogens with one attached hydrogen (secondary N) is 1. The molecule has 2 bridgehead atoms. The highest BCUT2D eigenvalue weighted by Gasteiger charge is 2.39. The van der Waals surface area contributed by atoms with Gasteiger partial charge < -0.3 is 9.88 Å². The third kappa shape index (κ3) is 5.96. The van der Waals surface area contributed by atoms with Crippen molar-refractivity contribution >= 4 is 16.8 Å². The van der Waals surface area contributed by atoms with Crippen LogP contribution in [-0.2, 0) is 19.5 Å². The molecule has 2 aliphatic rings. The lowest BCUT2D eigenvalue weighted by molar-refractivity contribution is 0.0952. The minimum absolute atomic E-state index is 0.00192. The number of para-hydroxylation sites is 1. The Bertz CT molecular complexity index is 1390. The molecule has 2 saturated heterocycles. The normalized spacial score (nSPS) is 20.9. The molecule has 2 atom stereocenters. The zero-order valence-electron chi connectivity index (χ0n) is 23.2. The fourth-order valence-corrected chi connectivity index (χ4v) is 7.14. The number of amides is 1. The first-order valence-electron chi connectivity index (χ1n) is 14.9. The number of nitrogens with zero attached hydrogens (tertiary/aromatic N) is 2. The quantitative estimate of drug-likeness (QED) is 0.242. The second-order valence-electron chi connectivity index (χ2n) is 11.8. The van der Waals surface area contributed by atoms with E-state index in [1.807, 2.05) is 12.1 Å². The zero-order chi connectivity index (χ0) is 26.6. The second kappa shape index (κ2) is 11.8. The molecule has 2 unspecified atom stereocenters. The summed E-state index contributed by atoms with van der Waals surface area (Å²) in [6.07, 6.45) is 11.2. The van der Waals surface area contributed by atoms with E-state index in [-0.39, 0.29) is 5.91 Å². The molecule has 1 aromatic heterocycles. The van der Waals surface area contributed by atoms with Crippen LogP contribution in [0.3, 0.4) is 0 Å². The maximum atomic E-state index is 13.2. The predicted octanol–water partition coefficient (Wildman–Crippen LogP) is 7.15. The van der Waals surface area contributed by atoms with Gasteiger partial charge in [-0.3, -0.25) is 9.69 Å². The maximum absolute atomic E-state index is 13.2. The first-order chi connectivity index (χ1) is 19.1. The molecule has 39 heavy (non-hydrogen) atoms. The molecule has 1 N–H and O–H groups in total. The van der Waals surface area contributed by atoms with E-state index in [2.05, 4.69) is 94.6 Å². The number of aryl methyl sites for hydroxylation is 3. The van der Waals surface area contributed by atoms with E-state index in [1.165, 1.54) is 49.7 Å². The van der Waals surface area contributed by atoms with Crippen LogP contribution in [0.1, 0.15) is 65.6 Å². The van der Waals surface area contributed by atoms with E-state index in [1.54, 1.807) is 0 Å². The number of hydrogen-bond donors (Lipinski definition) is 1. The number of benzene rings is 3. The van der Waals surface area contributed by atoms with Gasteiger partial charge in [-0.1, -0.05) is 78.4 Å². The van der Waals surface area contributed by atoms with Gasteiger partial charge in [-0.15, -0.1) is 0 Å². The van der Waals surface area contributed by atoms with Gasteiger partial charge in [-0.2, -0.15) is 0 Å². The summed E-state index contributed by atoms with van der Waals surface area (Å²) in [7, 11) is 0. The molecule has 6 rings (SSSR count). The van der Waals surface area contributed by atoms with E-state index in [0.717, 1.165) is 59.5 Å². The summed E-state index contributed by atoms with van der Waals surface area (Å²) in [6.45, 7) is 4.73. The highest BCUT2D eigenvalue weighted by atomic mass is 16.1. The van der Waals surface area contributed by atoms with Gasteiger partial charge in [0.15, 0.2) is 0 Å². The van der Waals surface area contributed by atoms with Gasteiger partial charge in [-0.25, -0.2) is 0 Å². The van der Waals surface area contributed by atoms with Crippen molar-refractivity contribution in [2.75, 3.05) is 6.54 Å². The topological polar surface area (TPSA) is 37.3 Å². The van der Waals surface area contributed by atoms with Crippen molar-refractivity contribution in [3.8, 4) is 0 Å². The van der Waals surface area contributed by atoms with Crippen LogP contribution in [0.2, 0.25) is 0 Å². The highest BCUT2D eigenvalue weighted by molar-refractivity contribution is 6.07. The van der Waals surface area contributed by atoms with Crippen LogP contribution < -0.4 is 5.32 Å². The number of piperidine rings is 1. The first-order valence-corrected chi connectivity index (χ1v) is 14.9. The highest BCUT2D eigenvalue weighted by Crippen LogP contribution is 2.40. The average Bonchev–Trinajstić information content (AvgIpc) is 3.44. The number of fused-ring (bicyclic) bond motifs is 3. The SMILES string of the molecule is Cc1cccc(CNC(=O)c2cn(CCCN3C4CCC3CC(CCc3ccccc3)C4)c3ccccc23)c1. The van der Waals surface area contributed by atoms with Crippen molar-refractivity contribution in [1.82, 2.24) is 14.8 Å². The number of rotatable bonds is 10. The summed E-state index contributed by atoms with van der Waals surface area (Å²) in [5.41, 5.74) is 5.75. The van der Waals surface area contributed by atoms with Crippen LogP contribution >= 0.6 is 0 Å². The largest absolute Gasteiger partial charge is 0.348 e. The summed E-state index contributed by atoms with van der Waals surface area (Å²) >= 11 is 0. The Morgan fingerprint density at radius 2 is 1.62 bits per heavy atom. The van der Waals surface area contributed by atoms with E-state index in [9.17, 15) is 4.79 Å². The van der Waals surface area contributed by atoms with Crippen LogP contribution in [0.25, 0.3) is 10.9 Å². The van der Waals surface area contributed by atoms with Crippen molar-refractivity contribution in [3.05, 3.63) is 107 Å². The van der Waals surface area contributed by atoms with E-state index >= 15 is 0 Å². The van der Waals surface area contributed by atoms with Gasteiger partial charge in [0, 0.05) is 48.8 Å². The van der Waals surface area contributed by atoms with Crippen molar-refractivity contribution in [2.24, 2.45) is 5.92 Å². The molecular formula is C35H41N3O. The van der Waals surface area contributed by atoms with E-state index < -0.39 is 0 Å². The van der Waals surface area contributed by atoms with Gasteiger partial charge in [0.25, 0.3) is 5.91 Å². The predicted molar refractivity (Wildman–Crippen MR) is 160 cm³/mol. The first kappa shape index (κ1) is 25.9. The molecular weight excluding hydrogens is 478 g/mol. The number of carbonyl (C=O) groups excluding carboxylic acids is 1. The lowest BCUT2D eigenvalue weighted by Gasteiger charge is -2.39. The second-order valence-corrected chi connectivity index (χ2v) is 11.8. The molecule has 4 nitrogen and oxygen atoms in total. The Balaban J connectivity index is 1.05. The molecule has 3 aromatic carbocycles. The van der Waals surface area contributed by atoms with Crippen molar-refractivity contribution < 1.29 is 4.79 Å². The number of hydrogen-bond acceptors (Lipinski definition) is 2. The molecule has 2 aliphatic heterocycles. The lowest BCUT2D eigenvalue weighted by atomic mass is 9.86. The van der Waals surface area contributed by atoms with E-state index in [0.29, 0.717) is 6.54 Å². The molecule has 0 aliphatic carbocycles. The molecule has 4 aromatic rings. The summed E-state index contributed by atoms with van der Waals surface area (Å²) in [4.78, 5) is 16.0. The van der Waals surface area contributed by atoms with Crippen LogP contribution in [0, 0.1) is 12.8 Å². The van der Waals surface area contributed by atoms with Crippen LogP contribution in [0.15, 0.2) is 85.1 Å². The fraction of sp³-hybridized carbons (Fsp3) is 0.400. The van der Waals surface area contributed by atoms with Crippen molar-refractivity contribution in [3.63, 3.8) is 0 Å². The molecule has 1 amide bonds. The Hall–Kier alpha value is -3.37. The van der Waals surface area contributed by atoms with Crippen LogP contribution in [0.5, 0.6) is 0 Å². The molecule has 0 saturated carbocycles. The van der Waals surface area contributed by atoms with E-state index in [4.69, 9.17) is 0 Å².